The highest BCUT2D eigenvalue weighted by Crippen LogP contribution is 2.32. The van der Waals surface area contributed by atoms with E-state index in [0.717, 1.165) is 27.4 Å². The zero-order valence-corrected chi connectivity index (χ0v) is 19.1. The third kappa shape index (κ3) is 3.53. The third-order valence-electron chi connectivity index (χ3n) is 6.33. The zero-order chi connectivity index (χ0) is 23.3. The van der Waals surface area contributed by atoms with E-state index in [9.17, 15) is 14.4 Å². The van der Waals surface area contributed by atoms with Crippen LogP contribution in [-0.4, -0.2) is 50.3 Å². The fourth-order valence-corrected chi connectivity index (χ4v) is 4.89. The molecular formula is C25H23ClN4O3. The van der Waals surface area contributed by atoms with Gasteiger partial charge in [0.2, 0.25) is 5.91 Å². The maximum atomic E-state index is 13.7. The molecule has 1 atom stereocenters. The number of nitrogens with one attached hydrogen (secondary N) is 1. The summed E-state index contributed by atoms with van der Waals surface area (Å²) in [5.41, 5.74) is 4.24. The summed E-state index contributed by atoms with van der Waals surface area (Å²) in [6.07, 6.45) is 0.613. The molecule has 0 radical (unpaired) electrons. The average Bonchev–Trinajstić information content (AvgIpc) is 3.34. The number of carbonyl (C=O) groups is 3. The van der Waals surface area contributed by atoms with E-state index in [1.165, 1.54) is 0 Å². The van der Waals surface area contributed by atoms with Crippen LogP contribution in [-0.2, 0) is 17.8 Å². The normalized spacial score (nSPS) is 16.2. The van der Waals surface area contributed by atoms with Crippen LogP contribution in [0.5, 0.6) is 0 Å². The molecule has 1 aromatic heterocycles. The van der Waals surface area contributed by atoms with Crippen LogP contribution in [0.3, 0.4) is 0 Å². The number of carbonyl (C=O) groups excluding carboxylic acids is 3. The highest BCUT2D eigenvalue weighted by molar-refractivity contribution is 6.30. The molecule has 1 unspecified atom stereocenters. The Kier molecular flexibility index (Phi) is 5.29. The molecule has 2 aliphatic heterocycles. The Bertz CT molecular complexity index is 1250. The van der Waals surface area contributed by atoms with Gasteiger partial charge in [-0.2, -0.15) is 5.10 Å². The van der Waals surface area contributed by atoms with Gasteiger partial charge in [-0.3, -0.25) is 24.4 Å². The Morgan fingerprint density at radius 3 is 2.39 bits per heavy atom. The van der Waals surface area contributed by atoms with Gasteiger partial charge in [0.05, 0.1) is 16.8 Å². The number of H-pyrrole nitrogens is 1. The van der Waals surface area contributed by atoms with Crippen molar-refractivity contribution in [1.29, 1.82) is 0 Å². The van der Waals surface area contributed by atoms with E-state index in [4.69, 9.17) is 11.6 Å². The molecule has 3 heterocycles. The fourth-order valence-electron chi connectivity index (χ4n) is 4.70. The Balaban J connectivity index is 1.45. The highest BCUT2D eigenvalue weighted by Gasteiger charge is 2.45. The van der Waals surface area contributed by atoms with Gasteiger partial charge in [0, 0.05) is 41.4 Å². The number of aromatic amines is 1. The van der Waals surface area contributed by atoms with E-state index in [1.54, 1.807) is 35.2 Å². The Labute approximate surface area is 196 Å². The van der Waals surface area contributed by atoms with E-state index in [1.807, 2.05) is 32.0 Å². The van der Waals surface area contributed by atoms with Crippen molar-refractivity contribution in [3.8, 4) is 11.3 Å². The number of nitrogens with zero attached hydrogens (tertiary/aromatic N) is 3. The van der Waals surface area contributed by atoms with Crippen LogP contribution in [0.15, 0.2) is 48.5 Å². The van der Waals surface area contributed by atoms with Gasteiger partial charge < -0.3 is 4.90 Å². The highest BCUT2D eigenvalue weighted by atomic mass is 35.5. The molecule has 0 saturated carbocycles. The molecule has 0 saturated heterocycles. The summed E-state index contributed by atoms with van der Waals surface area (Å²) < 4.78 is 0. The molecule has 0 bridgehead atoms. The first kappa shape index (κ1) is 21.4. The van der Waals surface area contributed by atoms with Crippen LogP contribution < -0.4 is 0 Å². The predicted octanol–water partition coefficient (Wildman–Crippen LogP) is 3.94. The van der Waals surface area contributed by atoms with Crippen molar-refractivity contribution < 1.29 is 14.4 Å². The van der Waals surface area contributed by atoms with Crippen molar-refractivity contribution in [3.05, 3.63) is 75.9 Å². The number of fused-ring (bicyclic) bond motifs is 2. The van der Waals surface area contributed by atoms with E-state index < -0.39 is 17.9 Å². The topological polar surface area (TPSA) is 86.4 Å². The molecule has 0 fully saturated rings. The molecule has 33 heavy (non-hydrogen) atoms. The standard InChI is InChI=1S/C25H23ClN4O3/c1-14(2)22(30-23(31)17-8-3-4-9-18(17)24(30)32)25(33)29-11-10-20-19(13-29)21(28-27-20)15-6-5-7-16(26)12-15/h3-9,12,14,22H,10-11,13H2,1-2H3,(H,27,28). The van der Waals surface area contributed by atoms with Crippen LogP contribution in [0.2, 0.25) is 5.02 Å². The number of hydrogen-bond donors (Lipinski definition) is 1. The molecule has 2 aliphatic rings. The minimum atomic E-state index is -0.875. The second-order valence-corrected chi connectivity index (χ2v) is 9.20. The lowest BCUT2D eigenvalue weighted by atomic mass is 9.97. The molecule has 7 nitrogen and oxygen atoms in total. The molecule has 1 N–H and O–H groups in total. The number of hydrogen-bond acceptors (Lipinski definition) is 4. The van der Waals surface area contributed by atoms with Gasteiger partial charge in [0.25, 0.3) is 11.8 Å². The maximum Gasteiger partial charge on any atom is 0.262 e. The number of benzene rings is 2. The minimum Gasteiger partial charge on any atom is -0.336 e. The summed E-state index contributed by atoms with van der Waals surface area (Å²) in [5.74, 6) is -1.30. The average molecular weight is 463 g/mol. The van der Waals surface area contributed by atoms with Gasteiger partial charge in [0.1, 0.15) is 6.04 Å². The number of halogens is 1. The maximum absolute atomic E-state index is 13.7. The van der Waals surface area contributed by atoms with Crippen LogP contribution in [0, 0.1) is 5.92 Å². The number of rotatable bonds is 4. The lowest BCUT2D eigenvalue weighted by Gasteiger charge is -2.35. The van der Waals surface area contributed by atoms with Crippen molar-refractivity contribution >= 4 is 29.3 Å². The van der Waals surface area contributed by atoms with E-state index in [2.05, 4.69) is 10.2 Å². The lowest BCUT2D eigenvalue weighted by molar-refractivity contribution is -0.137. The monoisotopic (exact) mass is 462 g/mol. The quantitative estimate of drug-likeness (QED) is 0.595. The van der Waals surface area contributed by atoms with E-state index in [-0.39, 0.29) is 11.8 Å². The molecule has 2 aromatic carbocycles. The Morgan fingerprint density at radius 1 is 1.06 bits per heavy atom. The second-order valence-electron chi connectivity index (χ2n) is 8.76. The molecule has 5 rings (SSSR count). The van der Waals surface area contributed by atoms with Gasteiger partial charge in [0.15, 0.2) is 0 Å². The van der Waals surface area contributed by atoms with Crippen LogP contribution in [0.1, 0.15) is 45.8 Å². The summed E-state index contributed by atoms with van der Waals surface area (Å²) in [5, 5.41) is 8.17. The van der Waals surface area contributed by atoms with Crippen LogP contribution in [0.25, 0.3) is 11.3 Å². The van der Waals surface area contributed by atoms with E-state index >= 15 is 0 Å². The minimum absolute atomic E-state index is 0.233. The summed E-state index contributed by atoms with van der Waals surface area (Å²) in [6, 6.07) is 13.3. The Morgan fingerprint density at radius 2 is 1.76 bits per heavy atom. The largest absolute Gasteiger partial charge is 0.336 e. The molecular weight excluding hydrogens is 440 g/mol. The smallest absolute Gasteiger partial charge is 0.262 e. The Hall–Kier alpha value is -3.45. The second kappa shape index (κ2) is 8.15. The first-order valence-corrected chi connectivity index (χ1v) is 11.3. The molecule has 168 valence electrons. The van der Waals surface area contributed by atoms with Crippen LogP contribution in [0.4, 0.5) is 0 Å². The lowest BCUT2D eigenvalue weighted by Crippen LogP contribution is -2.54. The number of imide groups is 1. The first-order valence-electron chi connectivity index (χ1n) is 10.9. The molecule has 8 heteroatoms. The van der Waals surface area contributed by atoms with Gasteiger partial charge in [-0.25, -0.2) is 0 Å². The zero-order valence-electron chi connectivity index (χ0n) is 18.3. The van der Waals surface area contributed by atoms with Gasteiger partial charge >= 0.3 is 0 Å². The molecule has 3 amide bonds. The third-order valence-corrected chi connectivity index (χ3v) is 6.57. The summed E-state index contributed by atoms with van der Waals surface area (Å²) in [7, 11) is 0. The van der Waals surface area contributed by atoms with E-state index in [0.29, 0.717) is 35.7 Å². The van der Waals surface area contributed by atoms with Crippen molar-refractivity contribution in [1.82, 2.24) is 20.0 Å². The van der Waals surface area contributed by atoms with Gasteiger partial charge in [-0.1, -0.05) is 49.7 Å². The summed E-state index contributed by atoms with van der Waals surface area (Å²) in [6.45, 7) is 4.54. The van der Waals surface area contributed by atoms with Crippen molar-refractivity contribution in [2.45, 2.75) is 32.9 Å². The van der Waals surface area contributed by atoms with Gasteiger partial charge in [-0.05, 0) is 30.2 Å². The molecule has 0 aliphatic carbocycles. The first-order chi connectivity index (χ1) is 15.9. The fraction of sp³-hybridized carbons (Fsp3) is 0.280. The molecule has 3 aromatic rings. The number of aromatic nitrogens is 2. The van der Waals surface area contributed by atoms with Crippen molar-refractivity contribution in [2.24, 2.45) is 5.92 Å². The van der Waals surface area contributed by atoms with Crippen molar-refractivity contribution in [3.63, 3.8) is 0 Å². The van der Waals surface area contributed by atoms with Crippen LogP contribution >= 0.6 is 11.6 Å². The SMILES string of the molecule is CC(C)C(C(=O)N1CCc2[nH]nc(-c3cccc(Cl)c3)c2C1)N1C(=O)c2ccccc2C1=O. The summed E-state index contributed by atoms with van der Waals surface area (Å²) in [4.78, 5) is 42.7. The number of amides is 3. The van der Waals surface area contributed by atoms with Crippen molar-refractivity contribution in [2.75, 3.05) is 6.54 Å². The predicted molar refractivity (Wildman–Crippen MR) is 124 cm³/mol. The van der Waals surface area contributed by atoms with Gasteiger partial charge in [-0.15, -0.1) is 0 Å². The molecule has 0 spiro atoms. The summed E-state index contributed by atoms with van der Waals surface area (Å²) >= 11 is 6.17.